The zero-order chi connectivity index (χ0) is 19.5. The van der Waals surface area contributed by atoms with E-state index < -0.39 is 0 Å². The Hall–Kier alpha value is -2.69. The summed E-state index contributed by atoms with van der Waals surface area (Å²) in [5.41, 5.74) is 2.54. The summed E-state index contributed by atoms with van der Waals surface area (Å²) in [7, 11) is 0. The predicted octanol–water partition coefficient (Wildman–Crippen LogP) is 2.56. The molecule has 1 N–H and O–H groups in total. The Balaban J connectivity index is 1.43. The first-order valence-electron chi connectivity index (χ1n) is 9.70. The van der Waals surface area contributed by atoms with Gasteiger partial charge >= 0.3 is 0 Å². The molecule has 146 valence electrons. The highest BCUT2D eigenvalue weighted by atomic mass is 16.6. The van der Waals surface area contributed by atoms with Gasteiger partial charge in [0.1, 0.15) is 24.1 Å². The van der Waals surface area contributed by atoms with Crippen molar-refractivity contribution in [2.75, 3.05) is 36.5 Å². The predicted molar refractivity (Wildman–Crippen MR) is 106 cm³/mol. The molecule has 2 aliphatic rings. The molecule has 0 unspecified atom stereocenters. The third kappa shape index (κ3) is 3.93. The lowest BCUT2D eigenvalue weighted by molar-refractivity contribution is -0.00461. The summed E-state index contributed by atoms with van der Waals surface area (Å²) in [6, 6.07) is 10.0. The number of pyridine rings is 2. The van der Waals surface area contributed by atoms with E-state index in [4.69, 9.17) is 14.5 Å². The van der Waals surface area contributed by atoms with Gasteiger partial charge in [-0.3, -0.25) is 4.98 Å². The minimum absolute atomic E-state index is 0.0308. The van der Waals surface area contributed by atoms with Gasteiger partial charge in [-0.2, -0.15) is 5.26 Å². The van der Waals surface area contributed by atoms with E-state index in [1.54, 1.807) is 12.4 Å². The highest BCUT2D eigenvalue weighted by Gasteiger charge is 2.38. The fraction of sp³-hybridized carbons (Fsp3) is 0.476. The van der Waals surface area contributed by atoms with Crippen LogP contribution in [-0.2, 0) is 9.47 Å². The number of fused-ring (bicyclic) bond motifs is 1. The highest BCUT2D eigenvalue weighted by molar-refractivity contribution is 5.55. The highest BCUT2D eigenvalue weighted by Crippen LogP contribution is 2.28. The average Bonchev–Trinajstić information content (AvgIpc) is 3.04. The Morgan fingerprint density at radius 3 is 2.54 bits per heavy atom. The zero-order valence-electron chi connectivity index (χ0n) is 16.2. The monoisotopic (exact) mass is 379 g/mol. The van der Waals surface area contributed by atoms with Crippen molar-refractivity contribution in [3.8, 4) is 6.07 Å². The van der Waals surface area contributed by atoms with Crippen LogP contribution in [-0.4, -0.2) is 54.5 Å². The van der Waals surface area contributed by atoms with Crippen LogP contribution < -0.4 is 10.2 Å². The van der Waals surface area contributed by atoms with Gasteiger partial charge in [0.15, 0.2) is 0 Å². The molecule has 0 radical (unpaired) electrons. The van der Waals surface area contributed by atoms with Gasteiger partial charge in [-0.25, -0.2) is 4.98 Å². The standard InChI is InChI=1S/C21H25N5O2/c1-14(2)18-6-5-15(8-22)21(25-18)26-10-19-20(11-26)28-13-17(12-27-19)24-16-4-3-7-23-9-16/h3-7,9,14,17,19-20,24H,10-13H2,1-2H3/t19-,20-/m0/s1. The molecule has 28 heavy (non-hydrogen) atoms. The Labute approximate surface area is 165 Å². The van der Waals surface area contributed by atoms with Crippen LogP contribution in [0.15, 0.2) is 36.7 Å². The normalized spacial score (nSPS) is 22.6. The number of aromatic nitrogens is 2. The molecule has 0 saturated carbocycles. The number of anilines is 2. The number of nitriles is 1. The molecular formula is C21H25N5O2. The molecule has 4 rings (SSSR count). The van der Waals surface area contributed by atoms with E-state index in [0.717, 1.165) is 17.2 Å². The Bertz CT molecular complexity index is 836. The molecule has 7 nitrogen and oxygen atoms in total. The first kappa shape index (κ1) is 18.7. The number of hydrogen-bond donors (Lipinski definition) is 1. The molecule has 2 aromatic heterocycles. The Morgan fingerprint density at radius 1 is 1.18 bits per heavy atom. The molecule has 2 aliphatic heterocycles. The van der Waals surface area contributed by atoms with Crippen LogP contribution in [0.2, 0.25) is 0 Å². The van der Waals surface area contributed by atoms with Crippen LogP contribution in [0.1, 0.15) is 31.0 Å². The van der Waals surface area contributed by atoms with Gasteiger partial charge in [0.25, 0.3) is 0 Å². The summed E-state index contributed by atoms with van der Waals surface area (Å²) in [4.78, 5) is 11.0. The Morgan fingerprint density at radius 2 is 1.93 bits per heavy atom. The molecule has 0 amide bonds. The van der Waals surface area contributed by atoms with E-state index >= 15 is 0 Å². The third-order valence-electron chi connectivity index (χ3n) is 5.18. The van der Waals surface area contributed by atoms with Gasteiger partial charge in [-0.15, -0.1) is 0 Å². The van der Waals surface area contributed by atoms with E-state index in [2.05, 4.69) is 35.1 Å². The van der Waals surface area contributed by atoms with Crippen molar-refractivity contribution in [1.29, 1.82) is 5.26 Å². The summed E-state index contributed by atoms with van der Waals surface area (Å²) in [5, 5.41) is 12.9. The molecule has 0 aromatic carbocycles. The fourth-order valence-corrected chi connectivity index (χ4v) is 3.64. The van der Waals surface area contributed by atoms with Gasteiger partial charge < -0.3 is 19.7 Å². The summed E-state index contributed by atoms with van der Waals surface area (Å²) < 4.78 is 12.3. The van der Waals surface area contributed by atoms with Crippen molar-refractivity contribution < 1.29 is 9.47 Å². The average molecular weight is 379 g/mol. The van der Waals surface area contributed by atoms with Crippen molar-refractivity contribution in [2.24, 2.45) is 0 Å². The third-order valence-corrected chi connectivity index (χ3v) is 5.18. The maximum Gasteiger partial charge on any atom is 0.147 e. The van der Waals surface area contributed by atoms with Gasteiger partial charge in [0, 0.05) is 31.2 Å². The molecule has 2 atom stereocenters. The molecular weight excluding hydrogens is 354 g/mol. The van der Waals surface area contributed by atoms with E-state index in [1.807, 2.05) is 24.3 Å². The van der Waals surface area contributed by atoms with Crippen LogP contribution >= 0.6 is 0 Å². The largest absolute Gasteiger partial charge is 0.376 e. The van der Waals surface area contributed by atoms with Crippen molar-refractivity contribution in [3.63, 3.8) is 0 Å². The van der Waals surface area contributed by atoms with E-state index in [9.17, 15) is 5.26 Å². The van der Waals surface area contributed by atoms with Gasteiger partial charge in [0.2, 0.25) is 0 Å². The Kier molecular flexibility index (Phi) is 5.42. The maximum absolute atomic E-state index is 9.49. The van der Waals surface area contributed by atoms with E-state index in [-0.39, 0.29) is 18.2 Å². The zero-order valence-corrected chi connectivity index (χ0v) is 16.2. The molecule has 2 saturated heterocycles. The summed E-state index contributed by atoms with van der Waals surface area (Å²) in [5.74, 6) is 1.05. The number of ether oxygens (including phenoxy) is 2. The molecule has 0 bridgehead atoms. The SMILES string of the molecule is CC(C)c1ccc(C#N)c(N2C[C@@H]3OCC(Nc4cccnc4)CO[C@H]3C2)n1. The lowest BCUT2D eigenvalue weighted by atomic mass is 10.1. The minimum Gasteiger partial charge on any atom is -0.376 e. The molecule has 0 aliphatic carbocycles. The van der Waals surface area contributed by atoms with Crippen LogP contribution in [0.25, 0.3) is 0 Å². The van der Waals surface area contributed by atoms with Crippen LogP contribution in [0, 0.1) is 11.3 Å². The minimum atomic E-state index is -0.0308. The van der Waals surface area contributed by atoms with Crippen LogP contribution in [0.4, 0.5) is 11.5 Å². The molecule has 2 aromatic rings. The summed E-state index contributed by atoms with van der Waals surface area (Å²) >= 11 is 0. The van der Waals surface area contributed by atoms with E-state index in [0.29, 0.717) is 37.8 Å². The maximum atomic E-state index is 9.49. The topological polar surface area (TPSA) is 83.3 Å². The second-order valence-electron chi connectivity index (χ2n) is 7.61. The second-order valence-corrected chi connectivity index (χ2v) is 7.61. The lowest BCUT2D eigenvalue weighted by Crippen LogP contribution is -2.31. The van der Waals surface area contributed by atoms with Crippen molar-refractivity contribution >= 4 is 11.5 Å². The second kappa shape index (κ2) is 8.13. The first-order valence-corrected chi connectivity index (χ1v) is 9.70. The molecule has 7 heteroatoms. The number of rotatable bonds is 4. The van der Waals surface area contributed by atoms with Crippen LogP contribution in [0.3, 0.4) is 0 Å². The molecule has 4 heterocycles. The van der Waals surface area contributed by atoms with Crippen molar-refractivity contribution in [1.82, 2.24) is 9.97 Å². The smallest absolute Gasteiger partial charge is 0.147 e. The number of nitrogens with one attached hydrogen (secondary N) is 1. The van der Waals surface area contributed by atoms with Crippen molar-refractivity contribution in [2.45, 2.75) is 38.0 Å². The fourth-order valence-electron chi connectivity index (χ4n) is 3.64. The van der Waals surface area contributed by atoms with Crippen LogP contribution in [0.5, 0.6) is 0 Å². The number of nitrogens with zero attached hydrogens (tertiary/aromatic N) is 4. The van der Waals surface area contributed by atoms with E-state index in [1.165, 1.54) is 0 Å². The quantitative estimate of drug-likeness (QED) is 0.874. The lowest BCUT2D eigenvalue weighted by Gasteiger charge is -2.22. The van der Waals surface area contributed by atoms with Crippen molar-refractivity contribution in [3.05, 3.63) is 47.9 Å². The summed E-state index contributed by atoms with van der Waals surface area (Å²) in [6.07, 6.45) is 3.49. The van der Waals surface area contributed by atoms with Gasteiger partial charge in [0.05, 0.1) is 30.5 Å². The molecule has 0 spiro atoms. The van der Waals surface area contributed by atoms with Gasteiger partial charge in [-0.1, -0.05) is 13.8 Å². The first-order chi connectivity index (χ1) is 13.6. The summed E-state index contributed by atoms with van der Waals surface area (Å²) in [6.45, 7) is 6.69. The molecule has 2 fully saturated rings. The van der Waals surface area contributed by atoms with Gasteiger partial charge in [-0.05, 0) is 30.2 Å². The number of hydrogen-bond acceptors (Lipinski definition) is 7.